The zero-order chi connectivity index (χ0) is 26.7. The summed E-state index contributed by atoms with van der Waals surface area (Å²) in [5.41, 5.74) is 0.992. The Labute approximate surface area is 212 Å². The number of benzene rings is 1. The summed E-state index contributed by atoms with van der Waals surface area (Å²) in [5.74, 6) is -1.20. The molecule has 1 aromatic carbocycles. The van der Waals surface area contributed by atoms with Crippen molar-refractivity contribution in [2.24, 2.45) is 5.92 Å². The molecule has 0 aliphatic heterocycles. The first-order valence-corrected chi connectivity index (χ1v) is 12.1. The molecule has 1 amide bonds. The Kier molecular flexibility index (Phi) is 11.2. The van der Waals surface area contributed by atoms with Gasteiger partial charge in [-0.1, -0.05) is 57.0 Å². The molecule has 0 aliphatic carbocycles. The van der Waals surface area contributed by atoms with E-state index in [9.17, 15) is 14.4 Å². The normalized spacial score (nSPS) is 13.3. The first-order chi connectivity index (χ1) is 17.2. The number of amides is 1. The second-order valence-electron chi connectivity index (χ2n) is 8.44. The van der Waals surface area contributed by atoms with E-state index in [1.807, 2.05) is 37.3 Å². The number of ether oxygens (including phenoxy) is 4. The summed E-state index contributed by atoms with van der Waals surface area (Å²) in [4.78, 5) is 41.0. The molecule has 1 unspecified atom stereocenters. The Bertz CT molecular complexity index is 1010. The summed E-state index contributed by atoms with van der Waals surface area (Å²) in [6.07, 6.45) is 2.86. The first-order valence-electron chi connectivity index (χ1n) is 12.1. The van der Waals surface area contributed by atoms with Gasteiger partial charge in [-0.2, -0.15) is 0 Å². The molecule has 1 N–H and O–H groups in total. The molecule has 0 saturated carbocycles. The SMILES string of the molecule is CCC(CC)[C@@H](c1ccccc1)C(C)OC(=O)[C@H](C)NC(=O)c1nccc(OC)c1OCOC(C)=O. The number of carbonyl (C=O) groups excluding carboxylic acids is 3. The second kappa shape index (κ2) is 14.1. The largest absolute Gasteiger partial charge is 0.493 e. The van der Waals surface area contributed by atoms with Gasteiger partial charge >= 0.3 is 11.9 Å². The van der Waals surface area contributed by atoms with Gasteiger partial charge in [0.2, 0.25) is 6.79 Å². The Morgan fingerprint density at radius 3 is 2.28 bits per heavy atom. The number of nitrogens with zero attached hydrogens (tertiary/aromatic N) is 1. The number of esters is 2. The molecule has 0 radical (unpaired) electrons. The van der Waals surface area contributed by atoms with Gasteiger partial charge in [-0.15, -0.1) is 0 Å². The molecule has 9 nitrogen and oxygen atoms in total. The second-order valence-corrected chi connectivity index (χ2v) is 8.44. The van der Waals surface area contributed by atoms with E-state index in [2.05, 4.69) is 24.1 Å². The predicted molar refractivity (Wildman–Crippen MR) is 134 cm³/mol. The Balaban J connectivity index is 2.14. The highest BCUT2D eigenvalue weighted by atomic mass is 16.7. The van der Waals surface area contributed by atoms with Crippen molar-refractivity contribution in [3.05, 3.63) is 53.9 Å². The topological polar surface area (TPSA) is 113 Å². The van der Waals surface area contributed by atoms with Crippen LogP contribution >= 0.6 is 0 Å². The lowest BCUT2D eigenvalue weighted by atomic mass is 9.79. The number of methoxy groups -OCH3 is 1. The highest BCUT2D eigenvalue weighted by Gasteiger charge is 2.31. The molecule has 0 bridgehead atoms. The molecule has 196 valence electrons. The van der Waals surface area contributed by atoms with Gasteiger partial charge < -0.3 is 24.3 Å². The van der Waals surface area contributed by atoms with Crippen molar-refractivity contribution in [3.63, 3.8) is 0 Å². The molecule has 2 rings (SSSR count). The lowest BCUT2D eigenvalue weighted by Gasteiger charge is -2.31. The van der Waals surface area contributed by atoms with E-state index in [0.29, 0.717) is 5.92 Å². The molecular weight excluding hydrogens is 464 g/mol. The lowest BCUT2D eigenvalue weighted by Crippen LogP contribution is -2.42. The summed E-state index contributed by atoms with van der Waals surface area (Å²) in [6.45, 7) is 8.49. The van der Waals surface area contributed by atoms with Crippen molar-refractivity contribution in [2.75, 3.05) is 13.9 Å². The summed E-state index contributed by atoms with van der Waals surface area (Å²) in [5, 5.41) is 2.61. The number of pyridine rings is 1. The van der Waals surface area contributed by atoms with Gasteiger partial charge in [0.25, 0.3) is 5.91 Å². The summed E-state index contributed by atoms with van der Waals surface area (Å²) in [7, 11) is 1.40. The van der Waals surface area contributed by atoms with Crippen molar-refractivity contribution < 1.29 is 33.3 Å². The maximum Gasteiger partial charge on any atom is 0.328 e. The number of aromatic nitrogens is 1. The van der Waals surface area contributed by atoms with Crippen LogP contribution in [0.3, 0.4) is 0 Å². The van der Waals surface area contributed by atoms with Crippen LogP contribution in [0.15, 0.2) is 42.6 Å². The van der Waals surface area contributed by atoms with Crippen LogP contribution < -0.4 is 14.8 Å². The van der Waals surface area contributed by atoms with Crippen LogP contribution in [0.5, 0.6) is 11.5 Å². The van der Waals surface area contributed by atoms with E-state index >= 15 is 0 Å². The number of nitrogens with one attached hydrogen (secondary N) is 1. The highest BCUT2D eigenvalue weighted by Crippen LogP contribution is 2.34. The van der Waals surface area contributed by atoms with Gasteiger partial charge in [0.15, 0.2) is 17.2 Å². The average Bonchev–Trinajstić information content (AvgIpc) is 2.87. The number of carbonyl (C=O) groups is 3. The van der Waals surface area contributed by atoms with Gasteiger partial charge in [-0.25, -0.2) is 9.78 Å². The molecule has 2 aromatic rings. The van der Waals surface area contributed by atoms with Crippen molar-refractivity contribution >= 4 is 17.8 Å². The van der Waals surface area contributed by atoms with E-state index in [1.54, 1.807) is 6.92 Å². The average molecular weight is 501 g/mol. The molecule has 1 aromatic heterocycles. The third kappa shape index (κ3) is 7.69. The highest BCUT2D eigenvalue weighted by molar-refractivity contribution is 5.98. The fraction of sp³-hybridized carbons (Fsp3) is 0.481. The standard InChI is InChI=1S/C27H36N2O7/c1-7-20(8-2)23(21-12-10-9-11-13-21)18(4)36-27(32)17(3)29-26(31)24-25(35-16-34-19(5)30)22(33-6)14-15-28-24/h9-15,17-18,20,23H,7-8,16H2,1-6H3,(H,29,31)/t17-,18?,23-/m0/s1. The molecule has 0 aliphatic rings. The number of hydrogen-bond acceptors (Lipinski definition) is 8. The molecular formula is C27H36N2O7. The van der Waals surface area contributed by atoms with Crippen LogP contribution in [0.25, 0.3) is 0 Å². The monoisotopic (exact) mass is 500 g/mol. The minimum atomic E-state index is -0.951. The maximum atomic E-state index is 13.0. The van der Waals surface area contributed by atoms with Crippen molar-refractivity contribution in [1.29, 1.82) is 0 Å². The van der Waals surface area contributed by atoms with E-state index in [-0.39, 0.29) is 23.1 Å². The fourth-order valence-corrected chi connectivity index (χ4v) is 4.14. The van der Waals surface area contributed by atoms with Crippen molar-refractivity contribution in [3.8, 4) is 11.5 Å². The molecule has 36 heavy (non-hydrogen) atoms. The minimum absolute atomic E-state index is 0.00874. The Morgan fingerprint density at radius 1 is 1.03 bits per heavy atom. The molecule has 0 fully saturated rings. The molecule has 0 spiro atoms. The molecule has 1 heterocycles. The summed E-state index contributed by atoms with van der Waals surface area (Å²) >= 11 is 0. The summed E-state index contributed by atoms with van der Waals surface area (Å²) in [6, 6.07) is 10.6. The van der Waals surface area contributed by atoms with Crippen molar-refractivity contribution in [2.45, 2.75) is 65.5 Å². The van der Waals surface area contributed by atoms with Gasteiger partial charge in [0, 0.05) is 25.1 Å². The van der Waals surface area contributed by atoms with E-state index in [4.69, 9.17) is 18.9 Å². The van der Waals surface area contributed by atoms with E-state index < -0.39 is 36.8 Å². The molecule has 9 heteroatoms. The van der Waals surface area contributed by atoms with Crippen LogP contribution in [-0.2, 0) is 19.1 Å². The van der Waals surface area contributed by atoms with E-state index in [1.165, 1.54) is 26.3 Å². The third-order valence-corrected chi connectivity index (χ3v) is 6.02. The van der Waals surface area contributed by atoms with Crippen LogP contribution in [0, 0.1) is 5.92 Å². The summed E-state index contributed by atoms with van der Waals surface area (Å²) < 4.78 is 21.3. The smallest absolute Gasteiger partial charge is 0.328 e. The Hall–Kier alpha value is -3.62. The lowest BCUT2D eigenvalue weighted by molar-refractivity contribution is -0.152. The quantitative estimate of drug-likeness (QED) is 0.321. The van der Waals surface area contributed by atoms with Gasteiger partial charge in [0.05, 0.1) is 7.11 Å². The maximum absolute atomic E-state index is 13.0. The predicted octanol–water partition coefficient (Wildman–Crippen LogP) is 4.26. The van der Waals surface area contributed by atoms with Gasteiger partial charge in [-0.05, 0) is 25.3 Å². The van der Waals surface area contributed by atoms with E-state index in [0.717, 1.165) is 18.4 Å². The number of hydrogen-bond donors (Lipinski definition) is 1. The number of rotatable bonds is 13. The van der Waals surface area contributed by atoms with Crippen molar-refractivity contribution in [1.82, 2.24) is 10.3 Å². The van der Waals surface area contributed by atoms with Gasteiger partial charge in [-0.3, -0.25) is 9.59 Å². The van der Waals surface area contributed by atoms with Gasteiger partial charge in [0.1, 0.15) is 12.1 Å². The van der Waals surface area contributed by atoms with Crippen LogP contribution in [0.1, 0.15) is 69.4 Å². The fourth-order valence-electron chi connectivity index (χ4n) is 4.14. The van der Waals surface area contributed by atoms with Crippen LogP contribution in [0.4, 0.5) is 0 Å². The Morgan fingerprint density at radius 2 is 1.69 bits per heavy atom. The minimum Gasteiger partial charge on any atom is -0.493 e. The molecule has 0 saturated heterocycles. The van der Waals surface area contributed by atoms with Crippen LogP contribution in [-0.4, -0.2) is 48.9 Å². The zero-order valence-electron chi connectivity index (χ0n) is 21.8. The third-order valence-electron chi connectivity index (χ3n) is 6.02. The first kappa shape index (κ1) is 28.6. The molecule has 3 atom stereocenters. The van der Waals surface area contributed by atoms with Crippen LogP contribution in [0.2, 0.25) is 0 Å². The zero-order valence-corrected chi connectivity index (χ0v) is 21.8.